The summed E-state index contributed by atoms with van der Waals surface area (Å²) in [5.41, 5.74) is 0.215. The molecule has 0 bridgehead atoms. The molecule has 5 nitrogen and oxygen atoms in total. The van der Waals surface area contributed by atoms with Gasteiger partial charge in [0.25, 0.3) is 0 Å². The summed E-state index contributed by atoms with van der Waals surface area (Å²) >= 11 is 0. The lowest BCUT2D eigenvalue weighted by Crippen LogP contribution is -2.12. The SMILES string of the molecule is COC(=O)C(=Cc1ccco1)COC(C)=O. The molecule has 0 atom stereocenters. The smallest absolute Gasteiger partial charge is 0.337 e. The van der Waals surface area contributed by atoms with Gasteiger partial charge in [-0.3, -0.25) is 4.79 Å². The number of esters is 2. The van der Waals surface area contributed by atoms with Gasteiger partial charge in [-0.05, 0) is 18.2 Å². The summed E-state index contributed by atoms with van der Waals surface area (Å²) in [7, 11) is 1.26. The molecular weight excluding hydrogens is 212 g/mol. The number of rotatable bonds is 4. The highest BCUT2D eigenvalue weighted by atomic mass is 16.5. The molecule has 1 rings (SSSR count). The van der Waals surface area contributed by atoms with E-state index in [2.05, 4.69) is 4.74 Å². The number of carbonyl (C=O) groups excluding carboxylic acids is 2. The number of hydrogen-bond acceptors (Lipinski definition) is 5. The fourth-order valence-electron chi connectivity index (χ4n) is 1.02. The summed E-state index contributed by atoms with van der Waals surface area (Å²) in [4.78, 5) is 22.0. The van der Waals surface area contributed by atoms with Gasteiger partial charge in [-0.1, -0.05) is 0 Å². The van der Waals surface area contributed by atoms with E-state index in [0.29, 0.717) is 5.76 Å². The second kappa shape index (κ2) is 5.75. The van der Waals surface area contributed by atoms with Crippen LogP contribution in [0.4, 0.5) is 0 Å². The number of methoxy groups -OCH3 is 1. The molecule has 0 saturated carbocycles. The molecule has 0 N–H and O–H groups in total. The van der Waals surface area contributed by atoms with Crippen LogP contribution in [0, 0.1) is 0 Å². The van der Waals surface area contributed by atoms with Crippen LogP contribution >= 0.6 is 0 Å². The third-order valence-corrected chi connectivity index (χ3v) is 1.74. The van der Waals surface area contributed by atoms with Gasteiger partial charge in [0, 0.05) is 6.92 Å². The van der Waals surface area contributed by atoms with E-state index in [-0.39, 0.29) is 12.2 Å². The summed E-state index contributed by atoms with van der Waals surface area (Å²) in [5, 5.41) is 0. The van der Waals surface area contributed by atoms with Gasteiger partial charge < -0.3 is 13.9 Å². The Morgan fingerprint density at radius 3 is 2.75 bits per heavy atom. The molecule has 0 spiro atoms. The van der Waals surface area contributed by atoms with Gasteiger partial charge in [0.15, 0.2) is 0 Å². The minimum atomic E-state index is -0.558. The molecule has 1 heterocycles. The van der Waals surface area contributed by atoms with Gasteiger partial charge in [-0.2, -0.15) is 0 Å². The zero-order valence-electron chi connectivity index (χ0n) is 9.06. The molecule has 0 aliphatic rings. The van der Waals surface area contributed by atoms with Crippen molar-refractivity contribution in [3.63, 3.8) is 0 Å². The molecule has 0 aliphatic heterocycles. The first-order valence-corrected chi connectivity index (χ1v) is 4.59. The topological polar surface area (TPSA) is 65.7 Å². The van der Waals surface area contributed by atoms with Crippen LogP contribution < -0.4 is 0 Å². The van der Waals surface area contributed by atoms with Crippen LogP contribution in [0.5, 0.6) is 0 Å². The van der Waals surface area contributed by atoms with Crippen LogP contribution in [0.1, 0.15) is 12.7 Å². The predicted octanol–water partition coefficient (Wildman–Crippen LogP) is 1.40. The first kappa shape index (κ1) is 12.0. The first-order chi connectivity index (χ1) is 7.63. The molecule has 0 unspecified atom stereocenters. The van der Waals surface area contributed by atoms with E-state index < -0.39 is 11.9 Å². The van der Waals surface area contributed by atoms with Gasteiger partial charge in [0.05, 0.1) is 18.9 Å². The molecule has 86 valence electrons. The monoisotopic (exact) mass is 224 g/mol. The van der Waals surface area contributed by atoms with Crippen LogP contribution in [0.2, 0.25) is 0 Å². The Bertz CT molecular complexity index is 389. The van der Waals surface area contributed by atoms with E-state index in [1.165, 1.54) is 26.4 Å². The zero-order valence-corrected chi connectivity index (χ0v) is 9.06. The van der Waals surface area contributed by atoms with Crippen LogP contribution in [0.3, 0.4) is 0 Å². The third-order valence-electron chi connectivity index (χ3n) is 1.74. The Balaban J connectivity index is 2.78. The van der Waals surface area contributed by atoms with Gasteiger partial charge in [-0.25, -0.2) is 4.79 Å². The molecular formula is C11H12O5. The maximum absolute atomic E-state index is 11.3. The molecule has 0 saturated heterocycles. The van der Waals surface area contributed by atoms with E-state index >= 15 is 0 Å². The van der Waals surface area contributed by atoms with E-state index in [1.807, 2.05) is 0 Å². The van der Waals surface area contributed by atoms with Crippen LogP contribution in [0.15, 0.2) is 28.4 Å². The van der Waals surface area contributed by atoms with Crippen molar-refractivity contribution in [3.8, 4) is 0 Å². The lowest BCUT2D eigenvalue weighted by atomic mass is 10.2. The summed E-state index contributed by atoms with van der Waals surface area (Å²) in [6, 6.07) is 3.36. The fourth-order valence-corrected chi connectivity index (χ4v) is 1.02. The lowest BCUT2D eigenvalue weighted by molar-refractivity contribution is -0.141. The summed E-state index contributed by atoms with van der Waals surface area (Å²) in [6.07, 6.45) is 2.95. The molecule has 0 amide bonds. The Morgan fingerprint density at radius 1 is 1.50 bits per heavy atom. The highest BCUT2D eigenvalue weighted by molar-refractivity contribution is 5.93. The highest BCUT2D eigenvalue weighted by Gasteiger charge is 2.12. The van der Waals surface area contributed by atoms with Gasteiger partial charge >= 0.3 is 11.9 Å². The van der Waals surface area contributed by atoms with Crippen molar-refractivity contribution in [2.45, 2.75) is 6.92 Å². The minimum Gasteiger partial charge on any atom is -0.466 e. The van der Waals surface area contributed by atoms with Crippen LogP contribution in [-0.4, -0.2) is 25.7 Å². The van der Waals surface area contributed by atoms with Crippen LogP contribution in [-0.2, 0) is 19.1 Å². The second-order valence-electron chi connectivity index (χ2n) is 2.96. The average molecular weight is 224 g/mol. The Kier molecular flexibility index (Phi) is 4.32. The second-order valence-corrected chi connectivity index (χ2v) is 2.96. The van der Waals surface area contributed by atoms with Crippen molar-refractivity contribution in [1.82, 2.24) is 0 Å². The average Bonchev–Trinajstić information content (AvgIpc) is 2.75. The molecule has 0 aliphatic carbocycles. The molecule has 1 aromatic rings. The summed E-state index contributed by atoms with van der Waals surface area (Å²) in [5.74, 6) is -0.528. The molecule has 16 heavy (non-hydrogen) atoms. The van der Waals surface area contributed by atoms with Crippen LogP contribution in [0.25, 0.3) is 6.08 Å². The minimum absolute atomic E-state index is 0.136. The van der Waals surface area contributed by atoms with Crippen molar-refractivity contribution in [2.75, 3.05) is 13.7 Å². The largest absolute Gasteiger partial charge is 0.466 e. The molecule has 0 fully saturated rings. The normalized spacial score (nSPS) is 11.0. The number of ether oxygens (including phenoxy) is 2. The third kappa shape index (κ3) is 3.61. The Morgan fingerprint density at radius 2 is 2.25 bits per heavy atom. The molecule has 5 heteroatoms. The predicted molar refractivity (Wildman–Crippen MR) is 55.3 cm³/mol. The quantitative estimate of drug-likeness (QED) is 0.571. The standard InChI is InChI=1S/C11H12O5/c1-8(12)16-7-9(11(13)14-2)6-10-4-3-5-15-10/h3-6H,7H2,1-2H3. The van der Waals surface area contributed by atoms with E-state index in [0.717, 1.165) is 0 Å². The summed E-state index contributed by atoms with van der Waals surface area (Å²) < 4.78 is 14.3. The van der Waals surface area contributed by atoms with Crippen molar-refractivity contribution in [3.05, 3.63) is 29.7 Å². The van der Waals surface area contributed by atoms with Gasteiger partial charge in [0.1, 0.15) is 12.4 Å². The first-order valence-electron chi connectivity index (χ1n) is 4.59. The van der Waals surface area contributed by atoms with Gasteiger partial charge in [-0.15, -0.1) is 0 Å². The number of carbonyl (C=O) groups is 2. The van der Waals surface area contributed by atoms with Gasteiger partial charge in [0.2, 0.25) is 0 Å². The summed E-state index contributed by atoms with van der Waals surface area (Å²) in [6.45, 7) is 1.13. The van der Waals surface area contributed by atoms with E-state index in [4.69, 9.17) is 9.15 Å². The van der Waals surface area contributed by atoms with E-state index in [9.17, 15) is 9.59 Å². The Hall–Kier alpha value is -2.04. The van der Waals surface area contributed by atoms with Crippen molar-refractivity contribution < 1.29 is 23.5 Å². The number of furan rings is 1. The molecule has 0 radical (unpaired) electrons. The Labute approximate surface area is 92.6 Å². The number of hydrogen-bond donors (Lipinski definition) is 0. The maximum Gasteiger partial charge on any atom is 0.337 e. The van der Waals surface area contributed by atoms with E-state index in [1.54, 1.807) is 12.1 Å². The maximum atomic E-state index is 11.3. The van der Waals surface area contributed by atoms with Crippen molar-refractivity contribution in [2.24, 2.45) is 0 Å². The van der Waals surface area contributed by atoms with Crippen molar-refractivity contribution >= 4 is 18.0 Å². The molecule has 0 aromatic carbocycles. The molecule has 1 aromatic heterocycles. The lowest BCUT2D eigenvalue weighted by Gasteiger charge is -2.04. The zero-order chi connectivity index (χ0) is 12.0. The van der Waals surface area contributed by atoms with Crippen molar-refractivity contribution in [1.29, 1.82) is 0 Å². The highest BCUT2D eigenvalue weighted by Crippen LogP contribution is 2.09. The fraction of sp³-hybridized carbons (Fsp3) is 0.273.